The molecule has 3 heterocycles. The van der Waals surface area contributed by atoms with Crippen molar-refractivity contribution in [2.24, 2.45) is 5.92 Å². The van der Waals surface area contributed by atoms with Crippen LogP contribution in [0.2, 0.25) is 0 Å². The van der Waals surface area contributed by atoms with Gasteiger partial charge in [0.05, 0.1) is 18.1 Å². The Morgan fingerprint density at radius 2 is 1.89 bits per heavy atom. The molecule has 27 heavy (non-hydrogen) atoms. The molecule has 1 spiro atoms. The van der Waals surface area contributed by atoms with Crippen molar-refractivity contribution in [3.63, 3.8) is 0 Å². The van der Waals surface area contributed by atoms with Crippen molar-refractivity contribution in [3.05, 3.63) is 35.5 Å². The number of nitrogens with zero attached hydrogens (tertiary/aromatic N) is 1. The molecular weight excluding hydrogens is 360 g/mol. The first-order valence-electron chi connectivity index (χ1n) is 10.3. The standard InChI is InChI=1S/C21H28N2O3S/c24-27(25,15-16-5-1-2-6-16)23-12-10-21(11-13-23)20-18(9-14-26-21)17-7-3-4-8-19(17)22-20/h3-4,7-8,16,22H,1-2,5-6,9-15H2. The number of H-pyrrole nitrogens is 1. The average Bonchev–Trinajstić information content (AvgIpc) is 3.30. The topological polar surface area (TPSA) is 62.4 Å². The molecule has 1 aromatic heterocycles. The average molecular weight is 389 g/mol. The van der Waals surface area contributed by atoms with Crippen LogP contribution in [-0.2, 0) is 26.8 Å². The maximum atomic E-state index is 12.9. The number of aromatic amines is 1. The highest BCUT2D eigenvalue weighted by atomic mass is 32.2. The van der Waals surface area contributed by atoms with E-state index in [0.29, 0.717) is 31.4 Å². The minimum absolute atomic E-state index is 0.332. The van der Waals surface area contributed by atoms with E-state index in [1.807, 2.05) is 0 Å². The van der Waals surface area contributed by atoms with E-state index in [-0.39, 0.29) is 5.60 Å². The highest BCUT2D eigenvalue weighted by Crippen LogP contribution is 2.44. The first-order chi connectivity index (χ1) is 13.1. The predicted molar refractivity (Wildman–Crippen MR) is 106 cm³/mol. The normalized spacial score (nSPS) is 23.9. The molecule has 0 bridgehead atoms. The number of ether oxygens (including phenoxy) is 1. The van der Waals surface area contributed by atoms with Crippen molar-refractivity contribution in [1.29, 1.82) is 0 Å². The Morgan fingerprint density at radius 1 is 1.15 bits per heavy atom. The van der Waals surface area contributed by atoms with Crippen LogP contribution in [0.4, 0.5) is 0 Å². The molecule has 5 rings (SSSR count). The van der Waals surface area contributed by atoms with E-state index in [0.717, 1.165) is 37.6 Å². The first kappa shape index (κ1) is 17.7. The van der Waals surface area contributed by atoms with E-state index < -0.39 is 10.0 Å². The summed E-state index contributed by atoms with van der Waals surface area (Å²) in [5.41, 5.74) is 3.34. The number of fused-ring (bicyclic) bond motifs is 4. The number of aromatic nitrogens is 1. The third-order valence-corrected chi connectivity index (χ3v) is 8.89. The summed E-state index contributed by atoms with van der Waals surface area (Å²) >= 11 is 0. The van der Waals surface area contributed by atoms with Crippen LogP contribution in [0.5, 0.6) is 0 Å². The van der Waals surface area contributed by atoms with Gasteiger partial charge in [-0.15, -0.1) is 0 Å². The summed E-state index contributed by atoms with van der Waals surface area (Å²) in [5, 5.41) is 1.28. The number of hydrogen-bond acceptors (Lipinski definition) is 3. The van der Waals surface area contributed by atoms with E-state index in [2.05, 4.69) is 29.2 Å². The fraction of sp³-hybridized carbons (Fsp3) is 0.619. The van der Waals surface area contributed by atoms with E-state index >= 15 is 0 Å². The van der Waals surface area contributed by atoms with Gasteiger partial charge in [0.25, 0.3) is 0 Å². The summed E-state index contributed by atoms with van der Waals surface area (Å²) in [6, 6.07) is 8.42. The monoisotopic (exact) mass is 388 g/mol. The Labute approximate surface area is 161 Å². The van der Waals surface area contributed by atoms with Crippen molar-refractivity contribution in [2.45, 2.75) is 50.5 Å². The van der Waals surface area contributed by atoms with Gasteiger partial charge in [-0.2, -0.15) is 0 Å². The lowest BCUT2D eigenvalue weighted by Crippen LogP contribution is -2.49. The smallest absolute Gasteiger partial charge is 0.214 e. The van der Waals surface area contributed by atoms with E-state index in [1.165, 1.54) is 29.5 Å². The van der Waals surface area contributed by atoms with Gasteiger partial charge >= 0.3 is 0 Å². The van der Waals surface area contributed by atoms with Crippen LogP contribution in [0.25, 0.3) is 10.9 Å². The van der Waals surface area contributed by atoms with Gasteiger partial charge in [0.15, 0.2) is 0 Å². The maximum Gasteiger partial charge on any atom is 0.214 e. The molecule has 2 aromatic rings. The summed E-state index contributed by atoms with van der Waals surface area (Å²) in [6.45, 7) is 1.83. The number of benzene rings is 1. The molecule has 2 aliphatic heterocycles. The zero-order valence-electron chi connectivity index (χ0n) is 15.7. The molecule has 1 aliphatic carbocycles. The second-order valence-electron chi connectivity index (χ2n) is 8.44. The molecule has 1 N–H and O–H groups in total. The molecule has 146 valence electrons. The van der Waals surface area contributed by atoms with E-state index in [9.17, 15) is 8.42 Å². The highest BCUT2D eigenvalue weighted by molar-refractivity contribution is 7.89. The lowest BCUT2D eigenvalue weighted by molar-refractivity contribution is -0.0915. The Bertz CT molecular complexity index is 935. The summed E-state index contributed by atoms with van der Waals surface area (Å²) in [7, 11) is -3.16. The molecule has 6 heteroatoms. The Morgan fingerprint density at radius 3 is 2.67 bits per heavy atom. The predicted octanol–water partition coefficient (Wildman–Crippen LogP) is 3.55. The lowest BCUT2D eigenvalue weighted by atomic mass is 9.84. The minimum atomic E-state index is -3.16. The summed E-state index contributed by atoms with van der Waals surface area (Å²) < 4.78 is 33.8. The van der Waals surface area contributed by atoms with Gasteiger partial charge in [-0.05, 0) is 49.7 Å². The van der Waals surface area contributed by atoms with Gasteiger partial charge < -0.3 is 9.72 Å². The van der Waals surface area contributed by atoms with Crippen molar-refractivity contribution in [2.75, 3.05) is 25.4 Å². The van der Waals surface area contributed by atoms with Crippen LogP contribution in [0, 0.1) is 5.92 Å². The van der Waals surface area contributed by atoms with Gasteiger partial charge in [0.1, 0.15) is 5.60 Å². The van der Waals surface area contributed by atoms with Gasteiger partial charge in [-0.3, -0.25) is 0 Å². The third-order valence-electron chi connectivity index (χ3n) is 6.84. The third kappa shape index (κ3) is 3.02. The molecular formula is C21H28N2O3S. The molecule has 0 amide bonds. The Kier molecular flexibility index (Phi) is 4.33. The van der Waals surface area contributed by atoms with Crippen LogP contribution < -0.4 is 0 Å². The van der Waals surface area contributed by atoms with E-state index in [1.54, 1.807) is 4.31 Å². The largest absolute Gasteiger partial charge is 0.368 e. The highest BCUT2D eigenvalue weighted by Gasteiger charge is 2.44. The number of hydrogen-bond donors (Lipinski definition) is 1. The second-order valence-corrected chi connectivity index (χ2v) is 10.5. The molecule has 1 saturated carbocycles. The number of nitrogens with one attached hydrogen (secondary N) is 1. The molecule has 0 atom stereocenters. The summed E-state index contributed by atoms with van der Waals surface area (Å²) in [4.78, 5) is 3.60. The number of sulfonamides is 1. The van der Waals surface area contributed by atoms with Crippen LogP contribution in [0.3, 0.4) is 0 Å². The van der Waals surface area contributed by atoms with Gasteiger partial charge in [0, 0.05) is 24.0 Å². The second kappa shape index (κ2) is 6.61. The fourth-order valence-electron chi connectivity index (χ4n) is 5.37. The molecule has 0 unspecified atom stereocenters. The fourth-order valence-corrected chi connectivity index (χ4v) is 7.25. The number of rotatable bonds is 3. The molecule has 0 radical (unpaired) electrons. The molecule has 3 aliphatic rings. The summed E-state index contributed by atoms with van der Waals surface area (Å²) in [5.74, 6) is 0.690. The zero-order valence-corrected chi connectivity index (χ0v) is 16.6. The molecule has 5 nitrogen and oxygen atoms in total. The van der Waals surface area contributed by atoms with E-state index in [4.69, 9.17) is 4.74 Å². The summed E-state index contributed by atoms with van der Waals surface area (Å²) in [6.07, 6.45) is 6.88. The molecule has 1 aromatic carbocycles. The van der Waals surface area contributed by atoms with Crippen molar-refractivity contribution in [3.8, 4) is 0 Å². The SMILES string of the molecule is O=S(=O)(CC1CCCC1)N1CCC2(CC1)OCCc1c2[nH]c2ccccc12. The van der Waals surface area contributed by atoms with Crippen LogP contribution >= 0.6 is 0 Å². The van der Waals surface area contributed by atoms with Crippen molar-refractivity contribution < 1.29 is 13.2 Å². The lowest BCUT2D eigenvalue weighted by Gasteiger charge is -2.43. The maximum absolute atomic E-state index is 12.9. The molecule has 2 fully saturated rings. The van der Waals surface area contributed by atoms with Gasteiger partial charge in [0.2, 0.25) is 10.0 Å². The first-order valence-corrected chi connectivity index (χ1v) is 11.9. The van der Waals surface area contributed by atoms with Crippen molar-refractivity contribution in [1.82, 2.24) is 9.29 Å². The zero-order chi connectivity index (χ0) is 18.5. The minimum Gasteiger partial charge on any atom is -0.368 e. The Balaban J connectivity index is 1.37. The molecule has 1 saturated heterocycles. The number of piperidine rings is 1. The van der Waals surface area contributed by atoms with Gasteiger partial charge in [-0.25, -0.2) is 12.7 Å². The van der Waals surface area contributed by atoms with Gasteiger partial charge in [-0.1, -0.05) is 31.0 Å². The van der Waals surface area contributed by atoms with Crippen LogP contribution in [0.1, 0.15) is 49.8 Å². The Hall–Kier alpha value is -1.37. The van der Waals surface area contributed by atoms with Crippen LogP contribution in [-0.4, -0.2) is 43.2 Å². The number of para-hydroxylation sites is 1. The quantitative estimate of drug-likeness (QED) is 0.875. The van der Waals surface area contributed by atoms with Crippen LogP contribution in [0.15, 0.2) is 24.3 Å². The van der Waals surface area contributed by atoms with Crippen molar-refractivity contribution >= 4 is 20.9 Å².